The first-order valence-corrected chi connectivity index (χ1v) is 6.31. The van der Waals surface area contributed by atoms with Crippen LogP contribution in [0.5, 0.6) is 0 Å². The highest BCUT2D eigenvalue weighted by molar-refractivity contribution is 5.93. The van der Waals surface area contributed by atoms with Crippen molar-refractivity contribution < 1.29 is 4.79 Å². The SMILES string of the molecule is Cc1ccc(N(C)C(=O)CC(C)(C)CN)c(C)c1. The van der Waals surface area contributed by atoms with Gasteiger partial charge in [0, 0.05) is 19.2 Å². The number of aryl methyl sites for hydroxylation is 2. The highest BCUT2D eigenvalue weighted by Crippen LogP contribution is 2.24. The van der Waals surface area contributed by atoms with E-state index in [2.05, 4.69) is 13.0 Å². The average molecular weight is 248 g/mol. The molecule has 0 saturated carbocycles. The van der Waals surface area contributed by atoms with Gasteiger partial charge in [-0.3, -0.25) is 4.79 Å². The molecule has 100 valence electrons. The van der Waals surface area contributed by atoms with Crippen LogP contribution >= 0.6 is 0 Å². The van der Waals surface area contributed by atoms with Crippen molar-refractivity contribution in [3.63, 3.8) is 0 Å². The number of anilines is 1. The van der Waals surface area contributed by atoms with Gasteiger partial charge in [-0.05, 0) is 37.4 Å². The Morgan fingerprint density at radius 2 is 1.94 bits per heavy atom. The van der Waals surface area contributed by atoms with Crippen molar-refractivity contribution >= 4 is 11.6 Å². The molecule has 0 spiro atoms. The van der Waals surface area contributed by atoms with Gasteiger partial charge >= 0.3 is 0 Å². The van der Waals surface area contributed by atoms with Gasteiger partial charge in [0.15, 0.2) is 0 Å². The predicted octanol–water partition coefficient (Wildman–Crippen LogP) is 2.64. The van der Waals surface area contributed by atoms with Crippen LogP contribution in [0.2, 0.25) is 0 Å². The van der Waals surface area contributed by atoms with Crippen LogP contribution in [0.1, 0.15) is 31.4 Å². The van der Waals surface area contributed by atoms with Crippen molar-refractivity contribution in [1.29, 1.82) is 0 Å². The van der Waals surface area contributed by atoms with Gasteiger partial charge in [-0.15, -0.1) is 0 Å². The highest BCUT2D eigenvalue weighted by Gasteiger charge is 2.23. The van der Waals surface area contributed by atoms with Gasteiger partial charge in [-0.25, -0.2) is 0 Å². The third-order valence-corrected chi connectivity index (χ3v) is 3.27. The van der Waals surface area contributed by atoms with Crippen molar-refractivity contribution in [2.45, 2.75) is 34.1 Å². The lowest BCUT2D eigenvalue weighted by atomic mass is 9.89. The van der Waals surface area contributed by atoms with Crippen molar-refractivity contribution in [3.05, 3.63) is 29.3 Å². The maximum absolute atomic E-state index is 12.2. The first kappa shape index (κ1) is 14.7. The number of hydrogen-bond donors (Lipinski definition) is 1. The second-order valence-electron chi connectivity index (χ2n) is 5.79. The Kier molecular flexibility index (Phi) is 4.52. The fraction of sp³-hybridized carbons (Fsp3) is 0.533. The van der Waals surface area contributed by atoms with Gasteiger partial charge in [0.05, 0.1) is 0 Å². The maximum Gasteiger partial charge on any atom is 0.227 e. The lowest BCUT2D eigenvalue weighted by molar-refractivity contribution is -0.120. The Labute approximate surface area is 110 Å². The van der Waals surface area contributed by atoms with E-state index in [1.54, 1.807) is 4.90 Å². The molecule has 0 fully saturated rings. The third-order valence-electron chi connectivity index (χ3n) is 3.27. The third kappa shape index (κ3) is 3.57. The first-order valence-electron chi connectivity index (χ1n) is 6.31. The van der Waals surface area contributed by atoms with Crippen LogP contribution in [-0.2, 0) is 4.79 Å². The predicted molar refractivity (Wildman–Crippen MR) is 76.8 cm³/mol. The normalized spacial score (nSPS) is 11.4. The summed E-state index contributed by atoms with van der Waals surface area (Å²) in [6, 6.07) is 6.12. The molecule has 0 heterocycles. The molecule has 0 unspecified atom stereocenters. The number of nitrogens with zero attached hydrogens (tertiary/aromatic N) is 1. The minimum Gasteiger partial charge on any atom is -0.330 e. The molecule has 3 nitrogen and oxygen atoms in total. The molecule has 0 aromatic heterocycles. The summed E-state index contributed by atoms with van der Waals surface area (Å²) in [5, 5.41) is 0. The topological polar surface area (TPSA) is 46.3 Å². The molecule has 0 bridgehead atoms. The standard InChI is InChI=1S/C15H24N2O/c1-11-6-7-13(12(2)8-11)17(5)14(18)9-15(3,4)10-16/h6-8H,9-10,16H2,1-5H3. The van der Waals surface area contributed by atoms with Gasteiger partial charge in [-0.1, -0.05) is 31.5 Å². The van der Waals surface area contributed by atoms with Crippen molar-refractivity contribution in [2.75, 3.05) is 18.5 Å². The molecule has 1 aromatic carbocycles. The quantitative estimate of drug-likeness (QED) is 0.890. The number of amides is 1. The zero-order valence-corrected chi connectivity index (χ0v) is 12.1. The Hall–Kier alpha value is -1.35. The molecule has 2 N–H and O–H groups in total. The van der Waals surface area contributed by atoms with Crippen LogP contribution in [0.15, 0.2) is 18.2 Å². The molecule has 0 atom stereocenters. The first-order chi connectivity index (χ1) is 8.26. The molecule has 0 saturated heterocycles. The second kappa shape index (κ2) is 5.53. The Bertz CT molecular complexity index is 438. The molecule has 1 aromatic rings. The largest absolute Gasteiger partial charge is 0.330 e. The minimum atomic E-state index is -0.149. The average Bonchev–Trinajstić information content (AvgIpc) is 2.27. The number of nitrogens with two attached hydrogens (primary N) is 1. The van der Waals surface area contributed by atoms with Crippen LogP contribution in [0.3, 0.4) is 0 Å². The van der Waals surface area contributed by atoms with Crippen LogP contribution in [0.4, 0.5) is 5.69 Å². The summed E-state index contributed by atoms with van der Waals surface area (Å²) in [7, 11) is 1.83. The summed E-state index contributed by atoms with van der Waals surface area (Å²) in [4.78, 5) is 14.0. The van der Waals surface area contributed by atoms with Crippen molar-refractivity contribution in [1.82, 2.24) is 0 Å². The van der Waals surface area contributed by atoms with E-state index in [1.165, 1.54) is 5.56 Å². The maximum atomic E-state index is 12.2. The lowest BCUT2D eigenvalue weighted by Crippen LogP contribution is -2.34. The highest BCUT2D eigenvalue weighted by atomic mass is 16.2. The zero-order valence-electron chi connectivity index (χ0n) is 12.1. The summed E-state index contributed by atoms with van der Waals surface area (Å²) < 4.78 is 0. The molecule has 18 heavy (non-hydrogen) atoms. The Morgan fingerprint density at radius 3 is 2.44 bits per heavy atom. The number of benzene rings is 1. The molecule has 0 aliphatic rings. The summed E-state index contributed by atoms with van der Waals surface area (Å²) >= 11 is 0. The van der Waals surface area contributed by atoms with E-state index in [0.29, 0.717) is 13.0 Å². The fourth-order valence-electron chi connectivity index (χ4n) is 1.92. The van der Waals surface area contributed by atoms with E-state index in [9.17, 15) is 4.79 Å². The minimum absolute atomic E-state index is 0.109. The van der Waals surface area contributed by atoms with Crippen LogP contribution in [0.25, 0.3) is 0 Å². The molecule has 1 rings (SSSR count). The summed E-state index contributed by atoms with van der Waals surface area (Å²) in [5.41, 5.74) is 8.82. The van der Waals surface area contributed by atoms with E-state index in [0.717, 1.165) is 11.3 Å². The van der Waals surface area contributed by atoms with E-state index >= 15 is 0 Å². The van der Waals surface area contributed by atoms with Gasteiger partial charge in [0.25, 0.3) is 0 Å². The molecule has 0 radical (unpaired) electrons. The van der Waals surface area contributed by atoms with Gasteiger partial charge < -0.3 is 10.6 Å². The van der Waals surface area contributed by atoms with Gasteiger partial charge in [0.1, 0.15) is 0 Å². The second-order valence-corrected chi connectivity index (χ2v) is 5.79. The summed E-state index contributed by atoms with van der Waals surface area (Å²) in [6.45, 7) is 8.62. The Morgan fingerprint density at radius 1 is 1.33 bits per heavy atom. The zero-order chi connectivity index (χ0) is 13.9. The lowest BCUT2D eigenvalue weighted by Gasteiger charge is -2.26. The van der Waals surface area contributed by atoms with E-state index in [-0.39, 0.29) is 11.3 Å². The fourth-order valence-corrected chi connectivity index (χ4v) is 1.92. The molecular weight excluding hydrogens is 224 g/mol. The number of carbonyl (C=O) groups excluding carboxylic acids is 1. The molecule has 0 aliphatic heterocycles. The number of hydrogen-bond acceptors (Lipinski definition) is 2. The molecule has 1 amide bonds. The number of rotatable bonds is 4. The van der Waals surface area contributed by atoms with Crippen LogP contribution in [-0.4, -0.2) is 19.5 Å². The van der Waals surface area contributed by atoms with E-state index in [1.807, 2.05) is 40.0 Å². The summed E-state index contributed by atoms with van der Waals surface area (Å²) in [5.74, 6) is 0.109. The van der Waals surface area contributed by atoms with E-state index < -0.39 is 0 Å². The molecule has 0 aliphatic carbocycles. The van der Waals surface area contributed by atoms with Crippen LogP contribution in [0, 0.1) is 19.3 Å². The van der Waals surface area contributed by atoms with Gasteiger partial charge in [0.2, 0.25) is 5.91 Å². The summed E-state index contributed by atoms with van der Waals surface area (Å²) in [6.07, 6.45) is 0.466. The van der Waals surface area contributed by atoms with Crippen molar-refractivity contribution in [3.8, 4) is 0 Å². The van der Waals surface area contributed by atoms with E-state index in [4.69, 9.17) is 5.73 Å². The number of carbonyl (C=O) groups is 1. The molecule has 3 heteroatoms. The molecular formula is C15H24N2O. The van der Waals surface area contributed by atoms with Crippen molar-refractivity contribution in [2.24, 2.45) is 11.1 Å². The Balaban J connectivity index is 2.87. The monoisotopic (exact) mass is 248 g/mol. The smallest absolute Gasteiger partial charge is 0.227 e. The van der Waals surface area contributed by atoms with Crippen LogP contribution < -0.4 is 10.6 Å². The van der Waals surface area contributed by atoms with Gasteiger partial charge in [-0.2, -0.15) is 0 Å².